The number of carbonyl (C=O) groups excluding carboxylic acids is 1. The van der Waals surface area contributed by atoms with E-state index < -0.39 is 0 Å². The van der Waals surface area contributed by atoms with Gasteiger partial charge in [0.05, 0.1) is 11.7 Å². The van der Waals surface area contributed by atoms with Crippen molar-refractivity contribution >= 4 is 6.29 Å². The number of ether oxygens (including phenoxy) is 1. The lowest BCUT2D eigenvalue weighted by molar-refractivity contribution is -0.145. The third-order valence-corrected chi connectivity index (χ3v) is 5.67. The van der Waals surface area contributed by atoms with Crippen molar-refractivity contribution in [2.24, 2.45) is 23.2 Å². The van der Waals surface area contributed by atoms with Crippen molar-refractivity contribution < 1.29 is 9.53 Å². The summed E-state index contributed by atoms with van der Waals surface area (Å²) in [6.07, 6.45) is 10.7. The molecule has 5 rings (SSSR count). The number of hydrogen-bond acceptors (Lipinski definition) is 2. The number of aldehydes is 1. The molecule has 0 aromatic heterocycles. The van der Waals surface area contributed by atoms with Gasteiger partial charge in [-0.15, -0.1) is 0 Å². The second-order valence-electron chi connectivity index (χ2n) is 6.48. The molecule has 16 heavy (non-hydrogen) atoms. The van der Waals surface area contributed by atoms with Crippen LogP contribution in [0.25, 0.3) is 0 Å². The monoisotopic (exact) mass is 218 g/mol. The van der Waals surface area contributed by atoms with E-state index in [1.807, 2.05) is 0 Å². The lowest BCUT2D eigenvalue weighted by atomic mass is 9.58. The third kappa shape index (κ3) is 0.874. The van der Waals surface area contributed by atoms with Gasteiger partial charge in [-0.05, 0) is 43.9 Å². The SMILES string of the molecule is C[C@]12C[C@@]34C=CC[C@@H](C=O)[C@@H]3[C@H](C[C@@H]1C4)O2. The molecule has 4 fully saturated rings. The van der Waals surface area contributed by atoms with Gasteiger partial charge in [-0.25, -0.2) is 0 Å². The fourth-order valence-electron chi connectivity index (χ4n) is 5.22. The fourth-order valence-corrected chi connectivity index (χ4v) is 5.22. The Hall–Kier alpha value is -0.630. The van der Waals surface area contributed by atoms with Crippen LogP contribution in [-0.4, -0.2) is 18.0 Å². The van der Waals surface area contributed by atoms with E-state index in [-0.39, 0.29) is 11.5 Å². The van der Waals surface area contributed by atoms with Crippen LogP contribution in [0.4, 0.5) is 0 Å². The molecular formula is C14H18O2. The molecule has 2 heterocycles. The van der Waals surface area contributed by atoms with Crippen LogP contribution < -0.4 is 0 Å². The van der Waals surface area contributed by atoms with E-state index in [0.29, 0.717) is 17.4 Å². The van der Waals surface area contributed by atoms with E-state index in [0.717, 1.165) is 18.8 Å². The van der Waals surface area contributed by atoms with Gasteiger partial charge in [-0.2, -0.15) is 0 Å². The van der Waals surface area contributed by atoms with Crippen LogP contribution in [0.5, 0.6) is 0 Å². The van der Waals surface area contributed by atoms with Gasteiger partial charge in [0.2, 0.25) is 0 Å². The predicted octanol–water partition coefficient (Wildman–Crippen LogP) is 2.34. The molecule has 2 saturated carbocycles. The summed E-state index contributed by atoms with van der Waals surface area (Å²) in [5, 5.41) is 0. The summed E-state index contributed by atoms with van der Waals surface area (Å²) in [4.78, 5) is 11.2. The number of allylic oxidation sites excluding steroid dienone is 2. The van der Waals surface area contributed by atoms with Crippen LogP contribution in [0.2, 0.25) is 0 Å². The Balaban J connectivity index is 1.84. The molecule has 4 bridgehead atoms. The minimum atomic E-state index is 0.121. The molecule has 86 valence electrons. The van der Waals surface area contributed by atoms with Gasteiger partial charge in [-0.3, -0.25) is 0 Å². The van der Waals surface area contributed by atoms with Gasteiger partial charge < -0.3 is 9.53 Å². The topological polar surface area (TPSA) is 26.3 Å². The highest BCUT2D eigenvalue weighted by Crippen LogP contribution is 2.69. The lowest BCUT2D eigenvalue weighted by Crippen LogP contribution is -2.49. The minimum absolute atomic E-state index is 0.121. The summed E-state index contributed by atoms with van der Waals surface area (Å²) in [7, 11) is 0. The molecule has 0 amide bonds. The minimum Gasteiger partial charge on any atom is -0.371 e. The maximum atomic E-state index is 11.2. The van der Waals surface area contributed by atoms with Crippen molar-refractivity contribution in [2.45, 2.75) is 44.3 Å². The molecule has 2 saturated heterocycles. The zero-order valence-electron chi connectivity index (χ0n) is 9.69. The lowest BCUT2D eigenvalue weighted by Gasteiger charge is -2.50. The molecule has 0 unspecified atom stereocenters. The van der Waals surface area contributed by atoms with Crippen LogP contribution >= 0.6 is 0 Å². The van der Waals surface area contributed by atoms with E-state index >= 15 is 0 Å². The standard InChI is InChI=1S/C14H18O2/c1-13-8-14-4-2-3-9(7-15)12(14)11(16-13)5-10(13)6-14/h2,4,7,9-12H,3,5-6,8H2,1H3/t9-,10+,11-,12+,13-,14-/m0/s1. The Morgan fingerprint density at radius 1 is 1.50 bits per heavy atom. The van der Waals surface area contributed by atoms with Crippen molar-refractivity contribution in [1.82, 2.24) is 0 Å². The zero-order chi connectivity index (χ0) is 11.0. The summed E-state index contributed by atoms with van der Waals surface area (Å²) in [6, 6.07) is 0. The summed E-state index contributed by atoms with van der Waals surface area (Å²) in [5.41, 5.74) is 0.431. The van der Waals surface area contributed by atoms with Crippen LogP contribution in [0.3, 0.4) is 0 Å². The van der Waals surface area contributed by atoms with Gasteiger partial charge in [-0.1, -0.05) is 12.2 Å². The zero-order valence-corrected chi connectivity index (χ0v) is 9.69. The van der Waals surface area contributed by atoms with Crippen LogP contribution in [0.15, 0.2) is 12.2 Å². The Kier molecular flexibility index (Phi) is 1.53. The highest BCUT2D eigenvalue weighted by Gasteiger charge is 2.68. The number of carbonyl (C=O) groups is 1. The molecule has 0 radical (unpaired) electrons. The molecule has 2 heteroatoms. The second-order valence-corrected chi connectivity index (χ2v) is 6.48. The quantitative estimate of drug-likeness (QED) is 0.499. The van der Waals surface area contributed by atoms with Crippen LogP contribution in [-0.2, 0) is 9.53 Å². The molecule has 2 aliphatic heterocycles. The summed E-state index contributed by atoms with van der Waals surface area (Å²) in [5.74, 6) is 1.42. The Bertz CT molecular complexity index is 388. The van der Waals surface area contributed by atoms with Crippen molar-refractivity contribution in [1.29, 1.82) is 0 Å². The summed E-state index contributed by atoms with van der Waals surface area (Å²) >= 11 is 0. The number of hydrogen-bond donors (Lipinski definition) is 0. The smallest absolute Gasteiger partial charge is 0.123 e. The average molecular weight is 218 g/mol. The second kappa shape index (κ2) is 2.61. The van der Waals surface area contributed by atoms with E-state index in [4.69, 9.17) is 4.74 Å². The Morgan fingerprint density at radius 3 is 3.12 bits per heavy atom. The first-order valence-corrected chi connectivity index (χ1v) is 6.48. The predicted molar refractivity (Wildman–Crippen MR) is 59.9 cm³/mol. The fraction of sp³-hybridized carbons (Fsp3) is 0.786. The summed E-state index contributed by atoms with van der Waals surface area (Å²) in [6.45, 7) is 2.28. The van der Waals surface area contributed by atoms with Gasteiger partial charge in [0, 0.05) is 11.8 Å². The van der Waals surface area contributed by atoms with Crippen molar-refractivity contribution in [3.63, 3.8) is 0 Å². The maximum Gasteiger partial charge on any atom is 0.123 e. The molecule has 3 aliphatic carbocycles. The maximum absolute atomic E-state index is 11.2. The normalized spacial score (nSPS) is 61.3. The molecule has 5 aliphatic rings. The Labute approximate surface area is 96.0 Å². The van der Waals surface area contributed by atoms with Gasteiger partial charge in [0.15, 0.2) is 0 Å². The average Bonchev–Trinajstić information content (AvgIpc) is 2.60. The molecule has 6 atom stereocenters. The summed E-state index contributed by atoms with van der Waals surface area (Å²) < 4.78 is 6.24. The molecule has 0 aromatic carbocycles. The molecule has 2 nitrogen and oxygen atoms in total. The molecular weight excluding hydrogens is 200 g/mol. The first-order chi connectivity index (χ1) is 7.67. The van der Waals surface area contributed by atoms with Crippen LogP contribution in [0, 0.1) is 23.2 Å². The molecule has 1 spiro atoms. The van der Waals surface area contributed by atoms with Crippen LogP contribution in [0.1, 0.15) is 32.6 Å². The first-order valence-electron chi connectivity index (χ1n) is 6.48. The van der Waals surface area contributed by atoms with Gasteiger partial charge in [0.1, 0.15) is 6.29 Å². The number of rotatable bonds is 1. The van der Waals surface area contributed by atoms with Crippen molar-refractivity contribution in [3.8, 4) is 0 Å². The van der Waals surface area contributed by atoms with E-state index in [1.165, 1.54) is 19.1 Å². The third-order valence-electron chi connectivity index (χ3n) is 5.67. The highest BCUT2D eigenvalue weighted by molar-refractivity contribution is 5.56. The Morgan fingerprint density at radius 2 is 2.38 bits per heavy atom. The van der Waals surface area contributed by atoms with E-state index in [9.17, 15) is 4.79 Å². The molecule has 0 aromatic rings. The van der Waals surface area contributed by atoms with Gasteiger partial charge >= 0.3 is 0 Å². The van der Waals surface area contributed by atoms with Crippen molar-refractivity contribution in [3.05, 3.63) is 12.2 Å². The van der Waals surface area contributed by atoms with E-state index in [1.54, 1.807) is 0 Å². The molecule has 0 N–H and O–H groups in total. The van der Waals surface area contributed by atoms with E-state index in [2.05, 4.69) is 19.1 Å². The largest absolute Gasteiger partial charge is 0.371 e. The van der Waals surface area contributed by atoms with Crippen molar-refractivity contribution in [2.75, 3.05) is 0 Å². The van der Waals surface area contributed by atoms with Gasteiger partial charge in [0.25, 0.3) is 0 Å². The highest BCUT2D eigenvalue weighted by atomic mass is 16.5. The first kappa shape index (κ1) is 9.41.